The van der Waals surface area contributed by atoms with Gasteiger partial charge in [0.1, 0.15) is 11.4 Å². The SMILES string of the molecule is CCOC(=O)c1cnn(-c2ccc(C(=O)Nc3cc(-n4nnnc4C)ccc3F)cc2)c1C. The Balaban J connectivity index is 1.53. The van der Waals surface area contributed by atoms with Crippen LogP contribution in [-0.4, -0.2) is 48.5 Å². The quantitative estimate of drug-likeness (QED) is 0.450. The molecule has 10 nitrogen and oxygen atoms in total. The number of esters is 1. The van der Waals surface area contributed by atoms with E-state index in [2.05, 4.69) is 25.9 Å². The Kier molecular flexibility index (Phi) is 5.94. The van der Waals surface area contributed by atoms with Crippen molar-refractivity contribution in [3.63, 3.8) is 0 Å². The predicted octanol–water partition coefficient (Wildman–Crippen LogP) is 3.03. The molecule has 0 aliphatic heterocycles. The van der Waals surface area contributed by atoms with Gasteiger partial charge in [-0.3, -0.25) is 4.79 Å². The Labute approximate surface area is 188 Å². The maximum Gasteiger partial charge on any atom is 0.341 e. The number of amides is 1. The second-order valence-corrected chi connectivity index (χ2v) is 7.08. The first kappa shape index (κ1) is 21.8. The number of aryl methyl sites for hydroxylation is 1. The molecule has 0 aliphatic rings. The van der Waals surface area contributed by atoms with Crippen molar-refractivity contribution in [2.45, 2.75) is 20.8 Å². The number of rotatable bonds is 6. The van der Waals surface area contributed by atoms with Crippen LogP contribution in [0.4, 0.5) is 10.1 Å². The van der Waals surface area contributed by atoms with Gasteiger partial charge in [0.15, 0.2) is 5.82 Å². The first-order valence-electron chi connectivity index (χ1n) is 10.1. The lowest BCUT2D eigenvalue weighted by Gasteiger charge is -2.10. The molecule has 33 heavy (non-hydrogen) atoms. The van der Waals surface area contributed by atoms with E-state index in [0.717, 1.165) is 0 Å². The smallest absolute Gasteiger partial charge is 0.341 e. The number of anilines is 1. The molecule has 2 heterocycles. The summed E-state index contributed by atoms with van der Waals surface area (Å²) in [6.45, 7) is 5.46. The van der Waals surface area contributed by atoms with Crippen molar-refractivity contribution >= 4 is 17.6 Å². The Bertz CT molecular complexity index is 1330. The number of ether oxygens (including phenoxy) is 1. The molecule has 0 unspecified atom stereocenters. The molecule has 0 radical (unpaired) electrons. The van der Waals surface area contributed by atoms with Crippen molar-refractivity contribution < 1.29 is 18.7 Å². The third-order valence-electron chi connectivity index (χ3n) is 4.95. The number of hydrogen-bond donors (Lipinski definition) is 1. The molecule has 1 N–H and O–H groups in total. The number of halogens is 1. The van der Waals surface area contributed by atoms with Crippen molar-refractivity contribution in [1.82, 2.24) is 30.0 Å². The summed E-state index contributed by atoms with van der Waals surface area (Å²) in [5.74, 6) is -1.00. The molecule has 4 aromatic rings. The Morgan fingerprint density at radius 3 is 2.45 bits per heavy atom. The van der Waals surface area contributed by atoms with Crippen molar-refractivity contribution in [2.24, 2.45) is 0 Å². The summed E-state index contributed by atoms with van der Waals surface area (Å²) in [4.78, 5) is 24.7. The van der Waals surface area contributed by atoms with Gasteiger partial charge in [-0.05, 0) is 73.7 Å². The maximum absolute atomic E-state index is 14.3. The lowest BCUT2D eigenvalue weighted by atomic mass is 10.1. The summed E-state index contributed by atoms with van der Waals surface area (Å²) < 4.78 is 22.3. The lowest BCUT2D eigenvalue weighted by Crippen LogP contribution is -2.14. The third kappa shape index (κ3) is 4.33. The minimum absolute atomic E-state index is 0.00141. The topological polar surface area (TPSA) is 117 Å². The zero-order chi connectivity index (χ0) is 23.5. The number of benzene rings is 2. The van der Waals surface area contributed by atoms with Crippen LogP contribution in [0.5, 0.6) is 0 Å². The van der Waals surface area contributed by atoms with Gasteiger partial charge < -0.3 is 10.1 Å². The molecule has 1 amide bonds. The standard InChI is InChI=1S/C22H20FN7O3/c1-4-33-22(32)18-12-24-29(13(18)2)16-7-5-15(6-8-16)21(31)25-20-11-17(9-10-19(20)23)30-14(3)26-27-28-30/h5-12H,4H2,1-3H3,(H,25,31). The van der Waals surface area contributed by atoms with Gasteiger partial charge in [-0.25, -0.2) is 13.9 Å². The zero-order valence-electron chi connectivity index (χ0n) is 18.1. The van der Waals surface area contributed by atoms with Crippen LogP contribution in [0.15, 0.2) is 48.7 Å². The van der Waals surface area contributed by atoms with Crippen LogP contribution in [-0.2, 0) is 4.74 Å². The van der Waals surface area contributed by atoms with Crippen LogP contribution in [0.25, 0.3) is 11.4 Å². The molecule has 4 rings (SSSR count). The molecule has 2 aromatic heterocycles. The number of tetrazole rings is 1. The van der Waals surface area contributed by atoms with Crippen molar-refractivity contribution in [1.29, 1.82) is 0 Å². The molecule has 0 fully saturated rings. The van der Waals surface area contributed by atoms with E-state index in [4.69, 9.17) is 4.74 Å². The normalized spacial score (nSPS) is 10.8. The minimum Gasteiger partial charge on any atom is -0.462 e. The average molecular weight is 449 g/mol. The van der Waals surface area contributed by atoms with Crippen LogP contribution >= 0.6 is 0 Å². The first-order valence-corrected chi connectivity index (χ1v) is 10.1. The highest BCUT2D eigenvalue weighted by atomic mass is 19.1. The molecular formula is C22H20FN7O3. The highest BCUT2D eigenvalue weighted by Crippen LogP contribution is 2.21. The molecule has 0 bridgehead atoms. The van der Waals surface area contributed by atoms with Crippen molar-refractivity contribution in [2.75, 3.05) is 11.9 Å². The van der Waals surface area contributed by atoms with Crippen molar-refractivity contribution in [3.8, 4) is 11.4 Å². The summed E-state index contributed by atoms with van der Waals surface area (Å²) in [6.07, 6.45) is 1.44. The van der Waals surface area contributed by atoms with Gasteiger partial charge in [-0.15, -0.1) is 5.10 Å². The van der Waals surface area contributed by atoms with Gasteiger partial charge in [-0.2, -0.15) is 9.78 Å². The van der Waals surface area contributed by atoms with Crippen LogP contribution < -0.4 is 5.32 Å². The maximum atomic E-state index is 14.3. The van der Waals surface area contributed by atoms with Gasteiger partial charge in [-0.1, -0.05) is 0 Å². The third-order valence-corrected chi connectivity index (χ3v) is 4.95. The number of carbonyl (C=O) groups is 2. The monoisotopic (exact) mass is 449 g/mol. The fourth-order valence-corrected chi connectivity index (χ4v) is 3.24. The van der Waals surface area contributed by atoms with Crippen LogP contribution in [0.1, 0.15) is 39.2 Å². The van der Waals surface area contributed by atoms with E-state index in [1.54, 1.807) is 49.7 Å². The number of hydrogen-bond acceptors (Lipinski definition) is 7. The summed E-state index contributed by atoms with van der Waals surface area (Å²) in [5.41, 5.74) is 2.46. The largest absolute Gasteiger partial charge is 0.462 e. The summed E-state index contributed by atoms with van der Waals surface area (Å²) in [5, 5.41) is 18.0. The molecule has 11 heteroatoms. The van der Waals surface area contributed by atoms with E-state index in [0.29, 0.717) is 34.0 Å². The van der Waals surface area contributed by atoms with E-state index in [9.17, 15) is 14.0 Å². The van der Waals surface area contributed by atoms with Crippen LogP contribution in [0.2, 0.25) is 0 Å². The van der Waals surface area contributed by atoms with Gasteiger partial charge in [0.2, 0.25) is 0 Å². The lowest BCUT2D eigenvalue weighted by molar-refractivity contribution is 0.0525. The fourth-order valence-electron chi connectivity index (χ4n) is 3.24. The molecule has 168 valence electrons. The Hall–Kier alpha value is -4.41. The van der Waals surface area contributed by atoms with E-state index in [1.807, 2.05) is 0 Å². The van der Waals surface area contributed by atoms with Gasteiger partial charge >= 0.3 is 5.97 Å². The number of nitrogens with zero attached hydrogens (tertiary/aromatic N) is 6. The molecule has 0 saturated heterocycles. The van der Waals surface area contributed by atoms with Crippen LogP contribution in [0, 0.1) is 19.7 Å². The van der Waals surface area contributed by atoms with Crippen molar-refractivity contribution in [3.05, 3.63) is 77.1 Å². The number of aromatic nitrogens is 6. The number of carbonyl (C=O) groups excluding carboxylic acids is 2. The first-order chi connectivity index (χ1) is 15.9. The molecule has 2 aromatic carbocycles. The molecule has 0 atom stereocenters. The Morgan fingerprint density at radius 1 is 1.06 bits per heavy atom. The second kappa shape index (κ2) is 8.99. The highest BCUT2D eigenvalue weighted by molar-refractivity contribution is 6.04. The van der Waals surface area contributed by atoms with Gasteiger partial charge in [0.25, 0.3) is 5.91 Å². The van der Waals surface area contributed by atoms with Gasteiger partial charge in [0, 0.05) is 5.56 Å². The Morgan fingerprint density at radius 2 is 1.79 bits per heavy atom. The average Bonchev–Trinajstić information content (AvgIpc) is 3.41. The highest BCUT2D eigenvalue weighted by Gasteiger charge is 2.17. The van der Waals surface area contributed by atoms with E-state index in [1.165, 1.54) is 29.1 Å². The van der Waals surface area contributed by atoms with E-state index < -0.39 is 17.7 Å². The van der Waals surface area contributed by atoms with E-state index in [-0.39, 0.29) is 12.3 Å². The minimum atomic E-state index is -0.590. The zero-order valence-corrected chi connectivity index (χ0v) is 18.1. The molecular weight excluding hydrogens is 429 g/mol. The molecule has 0 spiro atoms. The van der Waals surface area contributed by atoms with Gasteiger partial charge in [0.05, 0.1) is 35.6 Å². The number of nitrogens with one attached hydrogen (secondary N) is 1. The summed E-state index contributed by atoms with van der Waals surface area (Å²) in [6, 6.07) is 10.7. The van der Waals surface area contributed by atoms with Crippen LogP contribution in [0.3, 0.4) is 0 Å². The predicted molar refractivity (Wildman–Crippen MR) is 116 cm³/mol. The fraction of sp³-hybridized carbons (Fsp3) is 0.182. The molecule has 0 saturated carbocycles. The molecule has 0 aliphatic carbocycles. The summed E-state index contributed by atoms with van der Waals surface area (Å²) >= 11 is 0. The second-order valence-electron chi connectivity index (χ2n) is 7.08. The summed E-state index contributed by atoms with van der Waals surface area (Å²) in [7, 11) is 0. The van der Waals surface area contributed by atoms with E-state index >= 15 is 0 Å².